The molecule has 2 aromatic heterocycles. The van der Waals surface area contributed by atoms with E-state index < -0.39 is 30.5 Å². The first kappa shape index (κ1) is 19.5. The molecule has 2 atom stereocenters. The van der Waals surface area contributed by atoms with Crippen LogP contribution < -0.4 is 5.32 Å². The number of rotatable bonds is 7. The summed E-state index contributed by atoms with van der Waals surface area (Å²) in [6.45, 7) is 0.896. The lowest BCUT2D eigenvalue weighted by molar-refractivity contribution is -0.0947. The number of aromatic nitrogens is 4. The number of terminal acetylenes is 1. The van der Waals surface area contributed by atoms with E-state index in [0.29, 0.717) is 0 Å². The normalized spacial score (nSPS) is 14.5. The molecular weight excluding hydrogens is 349 g/mol. The Bertz CT molecular complexity index is 830. The SMILES string of the molecule is C#CC(CO)(OC)[C@@H](O)Cn1cnc2c(NC(=O)OCC)nc(F)nc21. The van der Waals surface area contributed by atoms with E-state index in [4.69, 9.17) is 15.9 Å². The van der Waals surface area contributed by atoms with Gasteiger partial charge in [0.1, 0.15) is 6.10 Å². The van der Waals surface area contributed by atoms with Crippen LogP contribution in [0.2, 0.25) is 0 Å². The van der Waals surface area contributed by atoms with Gasteiger partial charge in [-0.2, -0.15) is 14.4 Å². The second-order valence-electron chi connectivity index (χ2n) is 5.17. The van der Waals surface area contributed by atoms with Crippen LogP contribution in [0, 0.1) is 18.4 Å². The molecule has 0 bridgehead atoms. The number of methoxy groups -OCH3 is 1. The van der Waals surface area contributed by atoms with Crippen LogP contribution in [0.15, 0.2) is 6.33 Å². The summed E-state index contributed by atoms with van der Waals surface area (Å²) in [7, 11) is 1.24. The minimum absolute atomic E-state index is 0.00307. The molecule has 26 heavy (non-hydrogen) atoms. The predicted octanol–water partition coefficient (Wildman–Crippen LogP) is -0.0946. The van der Waals surface area contributed by atoms with Crippen LogP contribution in [-0.4, -0.2) is 67.9 Å². The summed E-state index contributed by atoms with van der Waals surface area (Å²) in [5.74, 6) is 2.02. The average Bonchev–Trinajstić information content (AvgIpc) is 3.00. The molecule has 0 spiro atoms. The molecule has 0 aliphatic heterocycles. The van der Waals surface area contributed by atoms with Gasteiger partial charge in [0.05, 0.1) is 26.1 Å². The lowest BCUT2D eigenvalue weighted by Crippen LogP contribution is -2.48. The van der Waals surface area contributed by atoms with Crippen molar-refractivity contribution in [3.8, 4) is 12.3 Å². The Hall–Kier alpha value is -2.81. The van der Waals surface area contributed by atoms with Crippen molar-refractivity contribution in [3.63, 3.8) is 0 Å². The zero-order valence-electron chi connectivity index (χ0n) is 14.1. The highest BCUT2D eigenvalue weighted by Crippen LogP contribution is 2.22. The number of anilines is 1. The van der Waals surface area contributed by atoms with Gasteiger partial charge < -0.3 is 24.3 Å². The highest BCUT2D eigenvalue weighted by atomic mass is 19.1. The molecule has 1 unspecified atom stereocenters. The molecule has 0 aliphatic rings. The second kappa shape index (κ2) is 8.05. The van der Waals surface area contributed by atoms with E-state index in [1.807, 2.05) is 0 Å². The van der Waals surface area contributed by atoms with Crippen LogP contribution in [0.1, 0.15) is 6.92 Å². The molecule has 10 nitrogen and oxygen atoms in total. The minimum atomic E-state index is -1.64. The van der Waals surface area contributed by atoms with Gasteiger partial charge in [-0.15, -0.1) is 6.42 Å². The van der Waals surface area contributed by atoms with Gasteiger partial charge in [-0.1, -0.05) is 5.92 Å². The molecular formula is C15H18FN5O5. The third kappa shape index (κ3) is 3.72. The van der Waals surface area contributed by atoms with Gasteiger partial charge in [0.25, 0.3) is 0 Å². The van der Waals surface area contributed by atoms with E-state index in [1.54, 1.807) is 6.92 Å². The maximum atomic E-state index is 13.7. The van der Waals surface area contributed by atoms with Crippen molar-refractivity contribution in [1.82, 2.24) is 19.5 Å². The highest BCUT2D eigenvalue weighted by molar-refractivity contribution is 5.93. The summed E-state index contributed by atoms with van der Waals surface area (Å²) in [5.41, 5.74) is -1.56. The molecule has 0 saturated carbocycles. The number of halogens is 1. The standard InChI is InChI=1S/C15H18FN5O5/c1-4-15(7-22,25-3)9(23)6-21-8-17-10-11(19-14(24)26-5-2)18-13(16)20-12(10)21/h1,8-9,22-23H,5-7H2,2-3H3,(H,18,19,20,24)/t9-,15?/m0/s1. The number of aliphatic hydroxyl groups excluding tert-OH is 2. The highest BCUT2D eigenvalue weighted by Gasteiger charge is 2.36. The fourth-order valence-electron chi connectivity index (χ4n) is 2.24. The number of carbonyl (C=O) groups is 1. The fourth-order valence-corrected chi connectivity index (χ4v) is 2.24. The molecule has 0 radical (unpaired) electrons. The second-order valence-corrected chi connectivity index (χ2v) is 5.17. The van der Waals surface area contributed by atoms with E-state index in [0.717, 1.165) is 0 Å². The molecule has 2 heterocycles. The molecule has 1 amide bonds. The van der Waals surface area contributed by atoms with Gasteiger partial charge in [0.2, 0.25) is 0 Å². The topological polar surface area (TPSA) is 132 Å². The number of hydrogen-bond donors (Lipinski definition) is 3. The van der Waals surface area contributed by atoms with Crippen molar-refractivity contribution in [1.29, 1.82) is 0 Å². The van der Waals surface area contributed by atoms with E-state index in [1.165, 1.54) is 18.0 Å². The number of imidazole rings is 1. The molecule has 0 aliphatic carbocycles. The lowest BCUT2D eigenvalue weighted by atomic mass is 9.98. The Kier molecular flexibility index (Phi) is 6.04. The number of fused-ring (bicyclic) bond motifs is 1. The van der Waals surface area contributed by atoms with Crippen LogP contribution in [0.4, 0.5) is 15.0 Å². The Labute approximate surface area is 148 Å². The molecule has 0 fully saturated rings. The fraction of sp³-hybridized carbons (Fsp3) is 0.467. The zero-order chi connectivity index (χ0) is 19.3. The molecule has 3 N–H and O–H groups in total. The molecule has 0 aromatic carbocycles. The summed E-state index contributed by atoms with van der Waals surface area (Å²) in [6, 6.07) is 0. The summed E-state index contributed by atoms with van der Waals surface area (Å²) in [6.07, 6.45) is 3.31. The monoisotopic (exact) mass is 367 g/mol. The van der Waals surface area contributed by atoms with E-state index >= 15 is 0 Å². The average molecular weight is 367 g/mol. The van der Waals surface area contributed by atoms with Crippen LogP contribution in [0.3, 0.4) is 0 Å². The van der Waals surface area contributed by atoms with Gasteiger partial charge >= 0.3 is 12.2 Å². The Morgan fingerprint density at radius 1 is 1.58 bits per heavy atom. The van der Waals surface area contributed by atoms with Gasteiger partial charge in [-0.05, 0) is 6.92 Å². The summed E-state index contributed by atoms with van der Waals surface area (Å²) < 4.78 is 24.8. The largest absolute Gasteiger partial charge is 0.450 e. The molecule has 11 heteroatoms. The number of ether oxygens (including phenoxy) is 2. The summed E-state index contributed by atoms with van der Waals surface area (Å²) in [5, 5.41) is 22.0. The van der Waals surface area contributed by atoms with Gasteiger partial charge in [0, 0.05) is 7.11 Å². The Morgan fingerprint density at radius 3 is 2.88 bits per heavy atom. The Morgan fingerprint density at radius 2 is 2.31 bits per heavy atom. The maximum absolute atomic E-state index is 13.7. The number of nitrogens with zero attached hydrogens (tertiary/aromatic N) is 4. The van der Waals surface area contributed by atoms with Crippen LogP contribution in [0.5, 0.6) is 0 Å². The molecule has 140 valence electrons. The van der Waals surface area contributed by atoms with Gasteiger partial charge in [0.15, 0.2) is 22.6 Å². The van der Waals surface area contributed by atoms with Gasteiger partial charge in [-0.3, -0.25) is 5.32 Å². The quantitative estimate of drug-likeness (QED) is 0.457. The Balaban J connectivity index is 2.37. The number of amides is 1. The van der Waals surface area contributed by atoms with Crippen LogP contribution >= 0.6 is 0 Å². The predicted molar refractivity (Wildman–Crippen MR) is 87.6 cm³/mol. The van der Waals surface area contributed by atoms with E-state index in [-0.39, 0.29) is 30.1 Å². The van der Waals surface area contributed by atoms with Crippen molar-refractivity contribution in [2.75, 3.05) is 25.6 Å². The minimum Gasteiger partial charge on any atom is -0.450 e. The number of nitrogens with one attached hydrogen (secondary N) is 1. The van der Waals surface area contributed by atoms with Crippen molar-refractivity contribution >= 4 is 23.1 Å². The van der Waals surface area contributed by atoms with Gasteiger partial charge in [-0.25, -0.2) is 9.78 Å². The smallest absolute Gasteiger partial charge is 0.412 e. The molecule has 0 saturated heterocycles. The molecule has 2 rings (SSSR count). The summed E-state index contributed by atoms with van der Waals surface area (Å²) >= 11 is 0. The maximum Gasteiger partial charge on any atom is 0.412 e. The van der Waals surface area contributed by atoms with Crippen LogP contribution in [-0.2, 0) is 16.0 Å². The first-order valence-electron chi connectivity index (χ1n) is 7.54. The zero-order valence-corrected chi connectivity index (χ0v) is 14.1. The number of carbonyl (C=O) groups excluding carboxylic acids is 1. The van der Waals surface area contributed by atoms with E-state index in [9.17, 15) is 19.4 Å². The third-order valence-corrected chi connectivity index (χ3v) is 3.68. The third-order valence-electron chi connectivity index (χ3n) is 3.68. The van der Waals surface area contributed by atoms with Crippen molar-refractivity contribution in [2.45, 2.75) is 25.2 Å². The number of hydrogen-bond acceptors (Lipinski definition) is 8. The van der Waals surface area contributed by atoms with Crippen LogP contribution in [0.25, 0.3) is 11.2 Å². The van der Waals surface area contributed by atoms with Crippen molar-refractivity contribution in [3.05, 3.63) is 12.4 Å². The first-order valence-corrected chi connectivity index (χ1v) is 7.54. The van der Waals surface area contributed by atoms with Crippen molar-refractivity contribution < 1.29 is 28.9 Å². The van der Waals surface area contributed by atoms with Crippen molar-refractivity contribution in [2.24, 2.45) is 0 Å². The molecule has 2 aromatic rings. The lowest BCUT2D eigenvalue weighted by Gasteiger charge is -2.30. The first-order chi connectivity index (χ1) is 12.4. The number of aliphatic hydroxyl groups is 2. The summed E-state index contributed by atoms with van der Waals surface area (Å²) in [4.78, 5) is 22.7. The van der Waals surface area contributed by atoms with E-state index in [2.05, 4.69) is 26.2 Å².